The van der Waals surface area contributed by atoms with Gasteiger partial charge in [-0.3, -0.25) is 4.55 Å². The first-order chi connectivity index (χ1) is 15.8. The van der Waals surface area contributed by atoms with Crippen molar-refractivity contribution in [3.05, 3.63) is 0 Å². The lowest BCUT2D eigenvalue weighted by atomic mass is 9.41. The maximum Gasteiger partial charge on any atom is 0.397 e. The Bertz CT molecular complexity index is 831. The molecule has 0 aromatic carbocycles. The molecule has 0 aromatic heterocycles. The first kappa shape index (κ1) is 26.8. The standard InChI is InChI=1S/C27H48O6S/c1-6-19-23-15-18(28)11-13-27(23,5)22-12-14-26(4)20(9-10-21(26)24(22)25(19)29)16(2)7-8-17(3)33-34(30,31)32/h16-25,28-29H,6-15H2,1-5H3,(H,30,31,32)/t16-,17+,18-,19-,20-,21?,22?,23+,24?,25-,26-,27-/m1/s1. The third-order valence-corrected chi connectivity index (χ3v) is 12.0. The quantitative estimate of drug-likeness (QED) is 0.413. The van der Waals surface area contributed by atoms with E-state index in [2.05, 4.69) is 27.7 Å². The predicted octanol–water partition coefficient (Wildman–Crippen LogP) is 5.24. The lowest BCUT2D eigenvalue weighted by molar-refractivity contribution is -0.203. The summed E-state index contributed by atoms with van der Waals surface area (Å²) in [6, 6.07) is 0. The predicted molar refractivity (Wildman–Crippen MR) is 132 cm³/mol. The van der Waals surface area contributed by atoms with Gasteiger partial charge in [0.25, 0.3) is 0 Å². The second-order valence-electron chi connectivity index (χ2n) is 13.0. The fraction of sp³-hybridized carbons (Fsp3) is 1.00. The van der Waals surface area contributed by atoms with E-state index < -0.39 is 16.5 Å². The molecular formula is C27H48O6S. The molecule has 3 N–H and O–H groups in total. The Hall–Kier alpha value is -0.210. The van der Waals surface area contributed by atoms with E-state index in [1.807, 2.05) is 0 Å². The van der Waals surface area contributed by atoms with Crippen LogP contribution in [0, 0.1) is 52.3 Å². The average molecular weight is 501 g/mol. The summed E-state index contributed by atoms with van der Waals surface area (Å²) in [6.45, 7) is 11.1. The smallest absolute Gasteiger partial charge is 0.393 e. The van der Waals surface area contributed by atoms with Crippen molar-refractivity contribution >= 4 is 10.4 Å². The van der Waals surface area contributed by atoms with Gasteiger partial charge in [0.15, 0.2) is 0 Å². The van der Waals surface area contributed by atoms with Crippen LogP contribution >= 0.6 is 0 Å². The summed E-state index contributed by atoms with van der Waals surface area (Å²) in [6.07, 6.45) is 8.96. The van der Waals surface area contributed by atoms with Gasteiger partial charge in [-0.2, -0.15) is 8.42 Å². The highest BCUT2D eigenvalue weighted by molar-refractivity contribution is 7.80. The number of hydrogen-bond acceptors (Lipinski definition) is 5. The van der Waals surface area contributed by atoms with Gasteiger partial charge in [0.05, 0.1) is 18.3 Å². The highest BCUT2D eigenvalue weighted by atomic mass is 32.3. The van der Waals surface area contributed by atoms with Crippen LogP contribution in [0.25, 0.3) is 0 Å². The van der Waals surface area contributed by atoms with Crippen LogP contribution < -0.4 is 0 Å². The van der Waals surface area contributed by atoms with Crippen LogP contribution in [-0.2, 0) is 14.6 Å². The van der Waals surface area contributed by atoms with Gasteiger partial charge in [0.2, 0.25) is 0 Å². The molecule has 4 aliphatic carbocycles. The molecule has 4 aliphatic rings. The first-order valence-corrected chi connectivity index (χ1v) is 15.2. The summed E-state index contributed by atoms with van der Waals surface area (Å²) in [7, 11) is -4.41. The van der Waals surface area contributed by atoms with E-state index in [9.17, 15) is 18.6 Å². The summed E-state index contributed by atoms with van der Waals surface area (Å²) in [4.78, 5) is 0. The van der Waals surface area contributed by atoms with E-state index in [4.69, 9.17) is 8.74 Å². The van der Waals surface area contributed by atoms with E-state index >= 15 is 0 Å². The van der Waals surface area contributed by atoms with Gasteiger partial charge in [0, 0.05) is 0 Å². The van der Waals surface area contributed by atoms with Crippen LogP contribution in [0.2, 0.25) is 0 Å². The van der Waals surface area contributed by atoms with Crippen LogP contribution in [-0.4, -0.2) is 41.5 Å². The van der Waals surface area contributed by atoms with Crippen molar-refractivity contribution < 1.29 is 27.4 Å². The molecule has 0 aliphatic heterocycles. The largest absolute Gasteiger partial charge is 0.397 e. The first-order valence-electron chi connectivity index (χ1n) is 13.8. The van der Waals surface area contributed by atoms with E-state index in [1.165, 1.54) is 25.7 Å². The number of rotatable bonds is 7. The molecule has 12 atom stereocenters. The second-order valence-corrected chi connectivity index (χ2v) is 14.1. The lowest BCUT2D eigenvalue weighted by Gasteiger charge is -2.64. The molecule has 6 nitrogen and oxygen atoms in total. The van der Waals surface area contributed by atoms with E-state index in [0.29, 0.717) is 41.9 Å². The Morgan fingerprint density at radius 1 is 0.941 bits per heavy atom. The molecular weight excluding hydrogens is 452 g/mol. The van der Waals surface area contributed by atoms with Crippen molar-refractivity contribution in [1.82, 2.24) is 0 Å². The molecule has 0 aromatic rings. The minimum absolute atomic E-state index is 0.199. The maximum atomic E-state index is 11.8. The van der Waals surface area contributed by atoms with Crippen molar-refractivity contribution in [3.63, 3.8) is 0 Å². The highest BCUT2D eigenvalue weighted by Crippen LogP contribution is 2.69. The normalized spacial score (nSPS) is 48.5. The van der Waals surface area contributed by atoms with Crippen molar-refractivity contribution in [2.24, 2.45) is 52.3 Å². The van der Waals surface area contributed by atoms with Gasteiger partial charge in [-0.15, -0.1) is 0 Å². The number of fused-ring (bicyclic) bond motifs is 5. The van der Waals surface area contributed by atoms with Crippen LogP contribution in [0.4, 0.5) is 0 Å². The Balaban J connectivity index is 1.52. The van der Waals surface area contributed by atoms with Gasteiger partial charge in [-0.05, 0) is 117 Å². The van der Waals surface area contributed by atoms with Gasteiger partial charge in [0.1, 0.15) is 0 Å². The van der Waals surface area contributed by atoms with Crippen LogP contribution in [0.15, 0.2) is 0 Å². The van der Waals surface area contributed by atoms with Crippen LogP contribution in [0.3, 0.4) is 0 Å². The maximum absolute atomic E-state index is 11.8. The molecule has 34 heavy (non-hydrogen) atoms. The fourth-order valence-electron chi connectivity index (χ4n) is 9.89. The summed E-state index contributed by atoms with van der Waals surface area (Å²) < 4.78 is 35.8. The summed E-state index contributed by atoms with van der Waals surface area (Å²) in [5.74, 6) is 3.11. The van der Waals surface area contributed by atoms with Gasteiger partial charge in [-0.25, -0.2) is 4.18 Å². The molecule has 4 rings (SSSR count). The summed E-state index contributed by atoms with van der Waals surface area (Å²) in [5.41, 5.74) is 0.418. The van der Waals surface area contributed by atoms with E-state index in [-0.39, 0.29) is 29.0 Å². The van der Waals surface area contributed by atoms with Crippen LogP contribution in [0.1, 0.15) is 98.8 Å². The van der Waals surface area contributed by atoms with E-state index in [1.54, 1.807) is 6.92 Å². The van der Waals surface area contributed by atoms with Crippen molar-refractivity contribution in [1.29, 1.82) is 0 Å². The minimum atomic E-state index is -4.41. The zero-order chi connectivity index (χ0) is 25.1. The third kappa shape index (κ3) is 4.62. The zero-order valence-electron chi connectivity index (χ0n) is 21.8. The molecule has 0 amide bonds. The second kappa shape index (κ2) is 9.59. The zero-order valence-corrected chi connectivity index (χ0v) is 22.6. The molecule has 0 spiro atoms. The van der Waals surface area contributed by atoms with Crippen LogP contribution in [0.5, 0.6) is 0 Å². The van der Waals surface area contributed by atoms with Crippen molar-refractivity contribution in [2.45, 2.75) is 117 Å². The Kier molecular flexibility index (Phi) is 7.57. The minimum Gasteiger partial charge on any atom is -0.393 e. The SMILES string of the molecule is CC[C@H]1[C@@H](O)C2C3CC[C@H]([C@H](C)CC[C@H](C)OS(=O)(=O)O)[C@@]3(C)CCC2[C@@]2(C)CC[C@@H](O)C[C@@H]12. The summed E-state index contributed by atoms with van der Waals surface area (Å²) in [5, 5.41) is 22.3. The molecule has 3 unspecified atom stereocenters. The number of aliphatic hydroxyl groups is 2. The molecule has 7 heteroatoms. The van der Waals surface area contributed by atoms with Gasteiger partial charge < -0.3 is 10.2 Å². The molecule has 198 valence electrons. The Morgan fingerprint density at radius 2 is 1.59 bits per heavy atom. The average Bonchev–Trinajstić information content (AvgIpc) is 3.09. The number of hydrogen-bond donors (Lipinski definition) is 3. The Morgan fingerprint density at radius 3 is 2.24 bits per heavy atom. The van der Waals surface area contributed by atoms with Gasteiger partial charge in [-0.1, -0.05) is 34.1 Å². The molecule has 0 bridgehead atoms. The molecule has 0 heterocycles. The third-order valence-electron chi connectivity index (χ3n) is 11.5. The molecule has 0 saturated heterocycles. The number of aliphatic hydroxyl groups excluding tert-OH is 2. The Labute approximate surface area is 207 Å². The monoisotopic (exact) mass is 500 g/mol. The topological polar surface area (TPSA) is 104 Å². The molecule has 4 saturated carbocycles. The molecule has 0 radical (unpaired) electrons. The van der Waals surface area contributed by atoms with Gasteiger partial charge >= 0.3 is 10.4 Å². The van der Waals surface area contributed by atoms with Crippen molar-refractivity contribution in [3.8, 4) is 0 Å². The lowest BCUT2D eigenvalue weighted by Crippen LogP contribution is -2.62. The summed E-state index contributed by atoms with van der Waals surface area (Å²) >= 11 is 0. The molecule has 4 fully saturated rings. The van der Waals surface area contributed by atoms with Crippen molar-refractivity contribution in [2.75, 3.05) is 0 Å². The highest BCUT2D eigenvalue weighted by Gasteiger charge is 2.64. The fourth-order valence-corrected chi connectivity index (χ4v) is 10.4. The van der Waals surface area contributed by atoms with E-state index in [0.717, 1.165) is 32.1 Å².